The number of hydrogen-bond acceptors (Lipinski definition) is 3. The lowest BCUT2D eigenvalue weighted by Crippen LogP contribution is -2.24. The minimum Gasteiger partial charge on any atom is -0.481 e. The van der Waals surface area contributed by atoms with Crippen molar-refractivity contribution in [2.75, 3.05) is 0 Å². The molecule has 0 rings (SSSR count). The first-order valence-corrected chi connectivity index (χ1v) is 4.01. The summed E-state index contributed by atoms with van der Waals surface area (Å²) in [6.07, 6.45) is -1.74. The Morgan fingerprint density at radius 3 is 2.17 bits per heavy atom. The van der Waals surface area contributed by atoms with Crippen LogP contribution in [0.1, 0.15) is 26.7 Å². The van der Waals surface area contributed by atoms with Crippen LogP contribution in [-0.4, -0.2) is 33.5 Å². The largest absolute Gasteiger partial charge is 0.481 e. The fourth-order valence-corrected chi connectivity index (χ4v) is 0.836. The van der Waals surface area contributed by atoms with Gasteiger partial charge in [0.15, 0.2) is 0 Å². The van der Waals surface area contributed by atoms with Gasteiger partial charge in [-0.05, 0) is 5.92 Å². The van der Waals surface area contributed by atoms with E-state index in [1.807, 2.05) is 13.8 Å². The van der Waals surface area contributed by atoms with E-state index >= 15 is 0 Å². The fraction of sp³-hybridized carbons (Fsp3) is 0.875. The van der Waals surface area contributed by atoms with Gasteiger partial charge >= 0.3 is 5.97 Å². The lowest BCUT2D eigenvalue weighted by atomic mass is 10.00. The molecule has 0 aromatic rings. The Hall–Kier alpha value is -0.610. The highest BCUT2D eigenvalue weighted by molar-refractivity contribution is 5.67. The van der Waals surface area contributed by atoms with Gasteiger partial charge in [0.25, 0.3) is 0 Å². The van der Waals surface area contributed by atoms with Gasteiger partial charge < -0.3 is 15.3 Å². The fourth-order valence-electron chi connectivity index (χ4n) is 0.836. The summed E-state index contributed by atoms with van der Waals surface area (Å²) >= 11 is 0. The summed E-state index contributed by atoms with van der Waals surface area (Å²) in [4.78, 5) is 10.1. The number of rotatable bonds is 5. The van der Waals surface area contributed by atoms with Gasteiger partial charge in [-0.25, -0.2) is 0 Å². The minimum absolute atomic E-state index is 0.0495. The quantitative estimate of drug-likeness (QED) is 0.560. The number of carboxylic acids is 1. The van der Waals surface area contributed by atoms with Crippen molar-refractivity contribution in [3.8, 4) is 0 Å². The molecule has 12 heavy (non-hydrogen) atoms. The number of carboxylic acid groups (broad SMARTS) is 1. The van der Waals surface area contributed by atoms with E-state index in [0.717, 1.165) is 0 Å². The smallest absolute Gasteiger partial charge is 0.305 e. The Balaban J connectivity index is 3.68. The maximum atomic E-state index is 10.1. The third kappa shape index (κ3) is 5.09. The van der Waals surface area contributed by atoms with Crippen LogP contribution in [0.5, 0.6) is 0 Å². The van der Waals surface area contributed by atoms with E-state index in [0.29, 0.717) is 0 Å². The van der Waals surface area contributed by atoms with Gasteiger partial charge in [0.1, 0.15) is 0 Å². The highest BCUT2D eigenvalue weighted by atomic mass is 16.4. The monoisotopic (exact) mass is 176 g/mol. The van der Waals surface area contributed by atoms with E-state index < -0.39 is 18.2 Å². The molecular weight excluding hydrogens is 160 g/mol. The van der Waals surface area contributed by atoms with Crippen LogP contribution in [0.25, 0.3) is 0 Å². The van der Waals surface area contributed by atoms with Crippen molar-refractivity contribution in [3.05, 3.63) is 0 Å². The lowest BCUT2D eigenvalue weighted by Gasteiger charge is -2.16. The summed E-state index contributed by atoms with van der Waals surface area (Å²) in [6, 6.07) is 0. The van der Waals surface area contributed by atoms with Crippen LogP contribution in [0.3, 0.4) is 0 Å². The van der Waals surface area contributed by atoms with E-state index in [1.54, 1.807) is 0 Å². The zero-order valence-corrected chi connectivity index (χ0v) is 7.40. The normalized spacial score (nSPS) is 16.1. The second-order valence-electron chi connectivity index (χ2n) is 3.30. The Kier molecular flexibility index (Phi) is 4.85. The predicted molar refractivity (Wildman–Crippen MR) is 43.7 cm³/mol. The van der Waals surface area contributed by atoms with Crippen LogP contribution < -0.4 is 0 Å². The summed E-state index contributed by atoms with van der Waals surface area (Å²) in [5, 5.41) is 26.6. The van der Waals surface area contributed by atoms with E-state index in [2.05, 4.69) is 0 Å². The van der Waals surface area contributed by atoms with Crippen molar-refractivity contribution in [1.82, 2.24) is 0 Å². The topological polar surface area (TPSA) is 77.8 Å². The summed E-state index contributed by atoms with van der Waals surface area (Å²) in [6.45, 7) is 3.64. The summed E-state index contributed by atoms with van der Waals surface area (Å²) < 4.78 is 0. The molecule has 72 valence electrons. The summed E-state index contributed by atoms with van der Waals surface area (Å²) in [7, 11) is 0. The van der Waals surface area contributed by atoms with Crippen molar-refractivity contribution in [1.29, 1.82) is 0 Å². The zero-order valence-electron chi connectivity index (χ0n) is 7.40. The number of aliphatic hydroxyl groups excluding tert-OH is 2. The first-order chi connectivity index (χ1) is 5.43. The van der Waals surface area contributed by atoms with Crippen molar-refractivity contribution in [2.45, 2.75) is 38.9 Å². The number of hydrogen-bond donors (Lipinski definition) is 3. The van der Waals surface area contributed by atoms with Crippen molar-refractivity contribution in [2.24, 2.45) is 5.92 Å². The van der Waals surface area contributed by atoms with Crippen LogP contribution in [0, 0.1) is 5.92 Å². The molecule has 0 aromatic heterocycles. The highest BCUT2D eigenvalue weighted by Crippen LogP contribution is 2.10. The first-order valence-electron chi connectivity index (χ1n) is 4.01. The van der Waals surface area contributed by atoms with Gasteiger partial charge in [-0.3, -0.25) is 4.79 Å². The average Bonchev–Trinajstić information content (AvgIpc) is 1.84. The lowest BCUT2D eigenvalue weighted by molar-refractivity contribution is -0.139. The van der Waals surface area contributed by atoms with Crippen LogP contribution in [0.15, 0.2) is 0 Å². The maximum Gasteiger partial charge on any atom is 0.305 e. The second-order valence-corrected chi connectivity index (χ2v) is 3.30. The molecule has 0 aliphatic heterocycles. The van der Waals surface area contributed by atoms with Gasteiger partial charge in [-0.15, -0.1) is 0 Å². The molecule has 4 heteroatoms. The Labute approximate surface area is 71.8 Å². The van der Waals surface area contributed by atoms with Crippen molar-refractivity contribution in [3.63, 3.8) is 0 Å². The molecule has 0 bridgehead atoms. The van der Waals surface area contributed by atoms with E-state index in [4.69, 9.17) is 10.2 Å². The number of aliphatic hydroxyl groups is 2. The molecule has 4 nitrogen and oxygen atoms in total. The van der Waals surface area contributed by atoms with Crippen LogP contribution >= 0.6 is 0 Å². The Bertz CT molecular complexity index is 144. The molecule has 0 aliphatic rings. The second kappa shape index (κ2) is 5.11. The Morgan fingerprint density at radius 1 is 1.33 bits per heavy atom. The number of carbonyl (C=O) groups is 1. The third-order valence-electron chi connectivity index (χ3n) is 1.69. The van der Waals surface area contributed by atoms with E-state index in [1.165, 1.54) is 0 Å². The van der Waals surface area contributed by atoms with Crippen LogP contribution in [0.2, 0.25) is 0 Å². The van der Waals surface area contributed by atoms with Crippen molar-refractivity contribution < 1.29 is 20.1 Å². The molecule has 0 heterocycles. The standard InChI is InChI=1S/C8H16O4/c1-5(2)7(10)3-6(9)4-8(11)12/h5-7,9-10H,3-4H2,1-2H3,(H,11,12)/t6-,7?/m1/s1. The molecule has 0 spiro atoms. The van der Waals surface area contributed by atoms with Gasteiger partial charge in [0.05, 0.1) is 18.6 Å². The molecule has 0 aliphatic carbocycles. The molecule has 2 atom stereocenters. The molecule has 0 saturated carbocycles. The van der Waals surface area contributed by atoms with Gasteiger partial charge in [0.2, 0.25) is 0 Å². The average molecular weight is 176 g/mol. The zero-order chi connectivity index (χ0) is 9.72. The summed E-state index contributed by atoms with van der Waals surface area (Å²) in [5.74, 6) is -0.994. The molecule has 0 radical (unpaired) electrons. The van der Waals surface area contributed by atoms with E-state index in [-0.39, 0.29) is 18.8 Å². The molecule has 3 N–H and O–H groups in total. The Morgan fingerprint density at radius 2 is 1.83 bits per heavy atom. The molecule has 1 unspecified atom stereocenters. The molecule has 0 saturated heterocycles. The highest BCUT2D eigenvalue weighted by Gasteiger charge is 2.16. The maximum absolute atomic E-state index is 10.1. The predicted octanol–water partition coefficient (Wildman–Crippen LogP) is 0.229. The van der Waals surface area contributed by atoms with Gasteiger partial charge in [-0.2, -0.15) is 0 Å². The van der Waals surface area contributed by atoms with Crippen molar-refractivity contribution >= 4 is 5.97 Å². The molecular formula is C8H16O4. The SMILES string of the molecule is CC(C)C(O)C[C@@H](O)CC(=O)O. The third-order valence-corrected chi connectivity index (χ3v) is 1.69. The van der Waals surface area contributed by atoms with Crippen LogP contribution in [-0.2, 0) is 4.79 Å². The van der Waals surface area contributed by atoms with Gasteiger partial charge in [0, 0.05) is 6.42 Å². The molecule has 0 amide bonds. The summed E-state index contributed by atoms with van der Waals surface area (Å²) in [5.41, 5.74) is 0. The first kappa shape index (κ1) is 11.4. The van der Waals surface area contributed by atoms with Crippen LogP contribution in [0.4, 0.5) is 0 Å². The molecule has 0 fully saturated rings. The minimum atomic E-state index is -1.04. The van der Waals surface area contributed by atoms with E-state index in [9.17, 15) is 9.90 Å². The van der Waals surface area contributed by atoms with Gasteiger partial charge in [-0.1, -0.05) is 13.8 Å². The number of aliphatic carboxylic acids is 1. The molecule has 0 aromatic carbocycles.